The molecule has 2 rings (SSSR count). The Morgan fingerprint density at radius 2 is 1.96 bits per heavy atom. The van der Waals surface area contributed by atoms with Crippen molar-refractivity contribution in [2.24, 2.45) is 10.7 Å². The van der Waals surface area contributed by atoms with Gasteiger partial charge in [0.1, 0.15) is 0 Å². The van der Waals surface area contributed by atoms with Gasteiger partial charge in [-0.1, -0.05) is 32.0 Å². The van der Waals surface area contributed by atoms with Crippen LogP contribution in [0.5, 0.6) is 5.88 Å². The molecule has 1 aromatic carbocycles. The van der Waals surface area contributed by atoms with E-state index in [4.69, 9.17) is 10.5 Å². The molecule has 0 aliphatic heterocycles. The van der Waals surface area contributed by atoms with E-state index in [-0.39, 0.29) is 24.0 Å². The normalized spacial score (nSPS) is 10.8. The molecular weight excluding hydrogens is 415 g/mol. The number of pyridine rings is 1. The second-order valence-corrected chi connectivity index (χ2v) is 5.19. The van der Waals surface area contributed by atoms with Gasteiger partial charge >= 0.3 is 0 Å². The number of hydrogen-bond acceptors (Lipinski definition) is 3. The monoisotopic (exact) mass is 440 g/mol. The lowest BCUT2D eigenvalue weighted by atomic mass is 10.1. The largest absolute Gasteiger partial charge is 0.477 e. The van der Waals surface area contributed by atoms with Gasteiger partial charge in [0.15, 0.2) is 5.96 Å². The molecule has 0 saturated carbocycles. The van der Waals surface area contributed by atoms with Crippen molar-refractivity contribution >= 4 is 35.6 Å². The number of benzene rings is 1. The molecule has 0 saturated heterocycles. The standard InChI is InChI=1S/C18H24N4O.HI/c1-3-12-23-17-15(6-5-11-20-17)13-21-18(19)22-16-9-7-14(4-2)8-10-16;/h5-11H,3-4,12-13H2,1-2H3,(H3,19,21,22);1H. The first-order valence-corrected chi connectivity index (χ1v) is 7.95. The van der Waals surface area contributed by atoms with Crippen molar-refractivity contribution in [3.63, 3.8) is 0 Å². The molecule has 2 aromatic rings. The second-order valence-electron chi connectivity index (χ2n) is 5.19. The second kappa shape index (κ2) is 10.9. The Kier molecular flexibility index (Phi) is 9.14. The summed E-state index contributed by atoms with van der Waals surface area (Å²) in [6.45, 7) is 5.26. The number of aryl methyl sites for hydroxylation is 1. The molecule has 1 aromatic heterocycles. The summed E-state index contributed by atoms with van der Waals surface area (Å²) in [5, 5.41) is 3.09. The fourth-order valence-electron chi connectivity index (χ4n) is 2.05. The van der Waals surface area contributed by atoms with Gasteiger partial charge in [0.05, 0.1) is 13.2 Å². The lowest BCUT2D eigenvalue weighted by molar-refractivity contribution is 0.302. The lowest BCUT2D eigenvalue weighted by Crippen LogP contribution is -2.22. The Balaban J connectivity index is 0.00000288. The topological polar surface area (TPSA) is 72.5 Å². The SMILES string of the molecule is CCCOc1ncccc1CN=C(N)Nc1ccc(CC)cc1.I. The van der Waals surface area contributed by atoms with Gasteiger partial charge in [-0.15, -0.1) is 24.0 Å². The number of aliphatic imine (C=N–C) groups is 1. The van der Waals surface area contributed by atoms with Crippen molar-refractivity contribution in [3.8, 4) is 5.88 Å². The van der Waals surface area contributed by atoms with E-state index < -0.39 is 0 Å². The molecule has 0 atom stereocenters. The van der Waals surface area contributed by atoms with Crippen LogP contribution in [0, 0.1) is 0 Å². The first kappa shape index (κ1) is 20.2. The fraction of sp³-hybridized carbons (Fsp3) is 0.333. The number of rotatable bonds is 7. The van der Waals surface area contributed by atoms with Crippen LogP contribution in [-0.4, -0.2) is 17.6 Å². The van der Waals surface area contributed by atoms with E-state index in [2.05, 4.69) is 41.3 Å². The quantitative estimate of drug-likeness (QED) is 0.388. The molecule has 0 aliphatic carbocycles. The van der Waals surface area contributed by atoms with Crippen LogP contribution in [0.2, 0.25) is 0 Å². The number of ether oxygens (including phenoxy) is 1. The minimum atomic E-state index is 0. The van der Waals surface area contributed by atoms with Crippen LogP contribution >= 0.6 is 24.0 Å². The van der Waals surface area contributed by atoms with Crippen LogP contribution in [0.15, 0.2) is 47.6 Å². The van der Waals surface area contributed by atoms with E-state index >= 15 is 0 Å². The van der Waals surface area contributed by atoms with Gasteiger partial charge in [0, 0.05) is 17.4 Å². The summed E-state index contributed by atoms with van der Waals surface area (Å²) < 4.78 is 5.62. The molecule has 0 aliphatic rings. The van der Waals surface area contributed by atoms with E-state index in [0.29, 0.717) is 25.0 Å². The van der Waals surface area contributed by atoms with E-state index in [1.165, 1.54) is 5.56 Å². The minimum Gasteiger partial charge on any atom is -0.477 e. The highest BCUT2D eigenvalue weighted by molar-refractivity contribution is 14.0. The Labute approximate surface area is 160 Å². The number of nitrogens with zero attached hydrogens (tertiary/aromatic N) is 2. The Bertz CT molecular complexity index is 644. The number of anilines is 1. The maximum absolute atomic E-state index is 5.95. The molecule has 0 amide bonds. The van der Waals surface area contributed by atoms with Crippen LogP contribution < -0.4 is 15.8 Å². The molecule has 0 radical (unpaired) electrons. The zero-order valence-electron chi connectivity index (χ0n) is 14.2. The number of guanidine groups is 1. The van der Waals surface area contributed by atoms with Crippen molar-refractivity contribution in [1.29, 1.82) is 0 Å². The first-order chi connectivity index (χ1) is 11.2. The maximum atomic E-state index is 5.95. The van der Waals surface area contributed by atoms with E-state index in [9.17, 15) is 0 Å². The molecule has 0 spiro atoms. The number of aromatic nitrogens is 1. The molecule has 1 heterocycles. The predicted molar refractivity (Wildman–Crippen MR) is 110 cm³/mol. The first-order valence-electron chi connectivity index (χ1n) is 7.95. The van der Waals surface area contributed by atoms with Gasteiger partial charge in [0.2, 0.25) is 5.88 Å². The molecule has 0 unspecified atom stereocenters. The number of hydrogen-bond donors (Lipinski definition) is 2. The average Bonchev–Trinajstić information content (AvgIpc) is 2.59. The summed E-state index contributed by atoms with van der Waals surface area (Å²) in [5.41, 5.74) is 9.09. The molecular formula is C18H25IN4O. The molecule has 24 heavy (non-hydrogen) atoms. The van der Waals surface area contributed by atoms with Gasteiger partial charge < -0.3 is 15.8 Å². The number of halogens is 1. The van der Waals surface area contributed by atoms with Gasteiger partial charge in [-0.05, 0) is 36.6 Å². The van der Waals surface area contributed by atoms with E-state index in [1.807, 2.05) is 24.3 Å². The van der Waals surface area contributed by atoms with Crippen molar-refractivity contribution in [2.75, 3.05) is 11.9 Å². The number of nitrogens with one attached hydrogen (secondary N) is 1. The van der Waals surface area contributed by atoms with E-state index in [0.717, 1.165) is 24.1 Å². The van der Waals surface area contributed by atoms with Crippen LogP contribution in [0.4, 0.5) is 5.69 Å². The van der Waals surface area contributed by atoms with E-state index in [1.54, 1.807) is 6.20 Å². The third-order valence-corrected chi connectivity index (χ3v) is 3.35. The van der Waals surface area contributed by atoms with Crippen LogP contribution in [0.3, 0.4) is 0 Å². The summed E-state index contributed by atoms with van der Waals surface area (Å²) in [6.07, 6.45) is 3.68. The predicted octanol–water partition coefficient (Wildman–Crippen LogP) is 3.98. The van der Waals surface area contributed by atoms with Crippen molar-refractivity contribution in [1.82, 2.24) is 4.98 Å². The van der Waals surface area contributed by atoms with Gasteiger partial charge in [-0.25, -0.2) is 9.98 Å². The molecule has 3 N–H and O–H groups in total. The highest BCUT2D eigenvalue weighted by atomic mass is 127. The average molecular weight is 440 g/mol. The lowest BCUT2D eigenvalue weighted by Gasteiger charge is -2.09. The molecule has 5 nitrogen and oxygen atoms in total. The highest BCUT2D eigenvalue weighted by Gasteiger charge is 2.04. The fourth-order valence-corrected chi connectivity index (χ4v) is 2.05. The van der Waals surface area contributed by atoms with Crippen molar-refractivity contribution in [3.05, 3.63) is 53.7 Å². The van der Waals surface area contributed by atoms with Crippen molar-refractivity contribution in [2.45, 2.75) is 33.2 Å². The molecule has 130 valence electrons. The Morgan fingerprint density at radius 1 is 1.21 bits per heavy atom. The molecule has 6 heteroatoms. The highest BCUT2D eigenvalue weighted by Crippen LogP contribution is 2.16. The zero-order valence-corrected chi connectivity index (χ0v) is 16.5. The van der Waals surface area contributed by atoms with Crippen LogP contribution in [-0.2, 0) is 13.0 Å². The Hall–Kier alpha value is -1.83. The van der Waals surface area contributed by atoms with Crippen LogP contribution in [0.25, 0.3) is 0 Å². The Morgan fingerprint density at radius 3 is 2.62 bits per heavy atom. The molecule has 0 fully saturated rings. The molecule has 0 bridgehead atoms. The smallest absolute Gasteiger partial charge is 0.218 e. The maximum Gasteiger partial charge on any atom is 0.218 e. The number of nitrogens with two attached hydrogens (primary N) is 1. The third-order valence-electron chi connectivity index (χ3n) is 3.35. The van der Waals surface area contributed by atoms with Gasteiger partial charge in [0.25, 0.3) is 0 Å². The van der Waals surface area contributed by atoms with Crippen LogP contribution in [0.1, 0.15) is 31.4 Å². The summed E-state index contributed by atoms with van der Waals surface area (Å²) in [5.74, 6) is 0.998. The summed E-state index contributed by atoms with van der Waals surface area (Å²) in [4.78, 5) is 8.61. The minimum absolute atomic E-state index is 0. The van der Waals surface area contributed by atoms with Crippen molar-refractivity contribution < 1.29 is 4.74 Å². The summed E-state index contributed by atoms with van der Waals surface area (Å²) in [7, 11) is 0. The van der Waals surface area contributed by atoms with Gasteiger partial charge in [-0.2, -0.15) is 0 Å². The zero-order chi connectivity index (χ0) is 16.5. The third kappa shape index (κ3) is 6.35. The summed E-state index contributed by atoms with van der Waals surface area (Å²) in [6, 6.07) is 12.0. The summed E-state index contributed by atoms with van der Waals surface area (Å²) >= 11 is 0. The van der Waals surface area contributed by atoms with Gasteiger partial charge in [-0.3, -0.25) is 0 Å².